The molecule has 0 unspecified atom stereocenters. The van der Waals surface area contributed by atoms with Gasteiger partial charge in [0.1, 0.15) is 42.3 Å². The maximum absolute atomic E-state index is 14.5. The Morgan fingerprint density at radius 1 is 0.843 bits per heavy atom. The number of primary amides is 1. The molecule has 22 nitrogen and oxygen atoms in total. The van der Waals surface area contributed by atoms with E-state index in [1.54, 1.807) is 36.5 Å². The Morgan fingerprint density at radius 3 is 2.27 bits per heavy atom. The molecule has 0 bridgehead atoms. The highest BCUT2D eigenvalue weighted by atomic mass is 16.2. The van der Waals surface area contributed by atoms with Gasteiger partial charge in [-0.1, -0.05) is 68.3 Å². The molecule has 1 aromatic heterocycles. The van der Waals surface area contributed by atoms with Crippen LogP contribution in [0, 0.1) is 5.41 Å². The zero-order chi connectivity index (χ0) is 50.7. The summed E-state index contributed by atoms with van der Waals surface area (Å²) in [5.74, 6) is -6.52. The van der Waals surface area contributed by atoms with Gasteiger partial charge in [-0.05, 0) is 62.1 Å². The van der Waals surface area contributed by atoms with E-state index in [4.69, 9.17) is 16.9 Å². The van der Waals surface area contributed by atoms with Crippen LogP contribution < -0.4 is 54.0 Å². The highest BCUT2D eigenvalue weighted by Crippen LogP contribution is 2.22. The maximum atomic E-state index is 14.5. The number of hydrogen-bond acceptors (Lipinski definition) is 10. The van der Waals surface area contributed by atoms with E-state index < -0.39 is 95.5 Å². The van der Waals surface area contributed by atoms with E-state index >= 15 is 0 Å². The van der Waals surface area contributed by atoms with Crippen LogP contribution in [0.4, 0.5) is 0 Å². The van der Waals surface area contributed by atoms with Gasteiger partial charge in [-0.2, -0.15) is 0 Å². The quantitative estimate of drug-likeness (QED) is 0.0447. The Morgan fingerprint density at radius 2 is 1.56 bits per heavy atom. The number of aromatic nitrogens is 1. The fourth-order valence-electron chi connectivity index (χ4n) is 8.63. The first-order chi connectivity index (χ1) is 33.5. The number of amides is 9. The molecule has 7 atom stereocenters. The highest BCUT2D eigenvalue weighted by molar-refractivity contribution is 5.98. The van der Waals surface area contributed by atoms with E-state index in [0.29, 0.717) is 24.0 Å². The normalized spacial score (nSPS) is 21.5. The average Bonchev–Trinajstić information content (AvgIpc) is 3.99. The Bertz CT molecular complexity index is 2360. The zero-order valence-corrected chi connectivity index (χ0v) is 39.7. The van der Waals surface area contributed by atoms with E-state index in [9.17, 15) is 43.2 Å². The minimum absolute atomic E-state index is 0.00226. The van der Waals surface area contributed by atoms with Crippen molar-refractivity contribution in [3.63, 3.8) is 0 Å². The summed E-state index contributed by atoms with van der Waals surface area (Å²) in [5.41, 5.74) is 13.5. The van der Waals surface area contributed by atoms with Crippen LogP contribution in [0.1, 0.15) is 89.2 Å². The topological polar surface area (TPSA) is 345 Å². The number of carbonyl (C=O) groups is 9. The van der Waals surface area contributed by atoms with Crippen LogP contribution in [0.25, 0.3) is 10.9 Å². The summed E-state index contributed by atoms with van der Waals surface area (Å²) in [6.45, 7) is 3.27. The van der Waals surface area contributed by atoms with Crippen molar-refractivity contribution in [1.82, 2.24) is 52.4 Å². The molecule has 0 aliphatic carbocycles. The summed E-state index contributed by atoms with van der Waals surface area (Å²) in [6.07, 6.45) is 3.36. The fourth-order valence-corrected chi connectivity index (χ4v) is 8.63. The van der Waals surface area contributed by atoms with Crippen LogP contribution in [0.2, 0.25) is 0 Å². The molecule has 3 heterocycles. The van der Waals surface area contributed by atoms with Crippen LogP contribution >= 0.6 is 0 Å². The van der Waals surface area contributed by atoms with Gasteiger partial charge in [0.25, 0.3) is 0 Å². The number of nitrogens with two attached hydrogens (primary N) is 2. The lowest BCUT2D eigenvalue weighted by Gasteiger charge is -2.31. The Hall–Kier alpha value is -7.52. The van der Waals surface area contributed by atoms with Crippen molar-refractivity contribution < 1.29 is 43.2 Å². The SMILES string of the molecule is CCCC[C@H](NC(C)=O)C(=O)N[C@H]1CCC(=O)NCC[C@@H](C(=O)N[C@@H](Cc2c[nH]c3ccccc23)C(N)=O)NC(=O)[C@H](CCCNC(=N)N)NC(=O)[C@@H](Cc2ccccc2)NC(=O)[C@H]2CCCN2C1=O. The number of rotatable bonds is 17. The zero-order valence-electron chi connectivity index (χ0n) is 39.7. The van der Waals surface area contributed by atoms with Gasteiger partial charge in [0.2, 0.25) is 53.2 Å². The van der Waals surface area contributed by atoms with Gasteiger partial charge in [-0.15, -0.1) is 0 Å². The number of para-hydroxylation sites is 1. The number of hydrogen-bond donors (Lipinski definition) is 12. The predicted octanol–water partition coefficient (Wildman–Crippen LogP) is -0.888. The first kappa shape index (κ1) is 53.4. The van der Waals surface area contributed by atoms with Crippen LogP contribution in [-0.4, -0.2) is 131 Å². The molecule has 9 amide bonds. The lowest BCUT2D eigenvalue weighted by atomic mass is 10.0. The molecule has 3 aromatic rings. The second-order valence-electron chi connectivity index (χ2n) is 17.7. The van der Waals surface area contributed by atoms with Gasteiger partial charge in [0, 0.05) is 62.9 Å². The molecule has 0 radical (unpaired) electrons. The van der Waals surface area contributed by atoms with Crippen molar-refractivity contribution in [2.45, 2.75) is 133 Å². The van der Waals surface area contributed by atoms with Gasteiger partial charge in [-0.25, -0.2) is 0 Å². The first-order valence-electron chi connectivity index (χ1n) is 23.9. The van der Waals surface area contributed by atoms with Crippen molar-refractivity contribution in [3.8, 4) is 0 Å². The highest BCUT2D eigenvalue weighted by Gasteiger charge is 2.40. The second-order valence-corrected chi connectivity index (χ2v) is 17.7. The third kappa shape index (κ3) is 15.8. The van der Waals surface area contributed by atoms with E-state index in [0.717, 1.165) is 17.3 Å². The summed E-state index contributed by atoms with van der Waals surface area (Å²) in [5, 5.41) is 30.0. The van der Waals surface area contributed by atoms with E-state index in [-0.39, 0.29) is 83.4 Å². The second kappa shape index (κ2) is 26.3. The number of carbonyl (C=O) groups excluding carboxylic acids is 9. The molecule has 2 aliphatic heterocycles. The lowest BCUT2D eigenvalue weighted by molar-refractivity contribution is -0.143. The molecule has 0 saturated carbocycles. The predicted molar refractivity (Wildman–Crippen MR) is 259 cm³/mol. The number of nitrogens with one attached hydrogen (secondary N) is 10. The van der Waals surface area contributed by atoms with E-state index in [2.05, 4.69) is 47.5 Å². The van der Waals surface area contributed by atoms with Crippen molar-refractivity contribution >= 4 is 70.0 Å². The number of H-pyrrole nitrogens is 1. The third-order valence-electron chi connectivity index (χ3n) is 12.3. The Labute approximate surface area is 406 Å². The summed E-state index contributed by atoms with van der Waals surface area (Å²) < 4.78 is 0. The Balaban J connectivity index is 1.49. The monoisotopic (exact) mass is 970 g/mol. The molecular weight excluding hydrogens is 903 g/mol. The van der Waals surface area contributed by atoms with Crippen LogP contribution in [0.5, 0.6) is 0 Å². The number of benzene rings is 2. The van der Waals surface area contributed by atoms with Crippen molar-refractivity contribution in [2.75, 3.05) is 19.6 Å². The van der Waals surface area contributed by atoms with Gasteiger partial charge < -0.3 is 63.9 Å². The number of fused-ring (bicyclic) bond motifs is 2. The molecule has 5 rings (SSSR count). The van der Waals surface area contributed by atoms with Crippen molar-refractivity contribution in [1.29, 1.82) is 5.41 Å². The fraction of sp³-hybridized carbons (Fsp3) is 0.500. The lowest BCUT2D eigenvalue weighted by Crippen LogP contribution is -2.60. The number of nitrogens with zero attached hydrogens (tertiary/aromatic N) is 1. The van der Waals surface area contributed by atoms with Crippen LogP contribution in [-0.2, 0) is 56.0 Å². The summed E-state index contributed by atoms with van der Waals surface area (Å²) in [6, 6.07) is 7.56. The average molecular weight is 970 g/mol. The molecule has 2 aromatic carbocycles. The van der Waals surface area contributed by atoms with Gasteiger partial charge >= 0.3 is 0 Å². The smallest absolute Gasteiger partial charge is 0.245 e. The first-order valence-corrected chi connectivity index (χ1v) is 23.9. The Kier molecular flexibility index (Phi) is 20.1. The molecule has 70 heavy (non-hydrogen) atoms. The van der Waals surface area contributed by atoms with Crippen LogP contribution in [0.15, 0.2) is 60.8 Å². The van der Waals surface area contributed by atoms with E-state index in [1.807, 2.05) is 31.2 Å². The van der Waals surface area contributed by atoms with Crippen molar-refractivity contribution in [2.24, 2.45) is 11.5 Å². The molecule has 2 aliphatic rings. The standard InChI is InChI=1S/C48H67N13O9/c1-3-4-15-33(55-28(2)62)42(65)58-36-19-20-40(63)52-23-21-35(44(67)59-37(41(49)64)26-30-27-54-32-16-9-8-14-31(30)32)57-43(66)34(17-10-22-53-48(50)51)56-45(68)38(25-29-12-6-5-7-13-29)60-46(69)39-18-11-24-61(39)47(36)70/h5-9,12-14,16,27,33-39,54H,3-4,10-11,15,17-26H2,1-2H3,(H2,49,64)(H,52,63)(H,55,62)(H,56,68)(H,57,66)(H,58,65)(H,59,67)(H,60,69)(H4,50,51,53)/t33-,34-,35-,36-,37-,38+,39+/m0/s1. The minimum Gasteiger partial charge on any atom is -0.370 e. The molecule has 2 fully saturated rings. The number of aromatic amines is 1. The van der Waals surface area contributed by atoms with Gasteiger partial charge in [0.15, 0.2) is 5.96 Å². The molecule has 2 saturated heterocycles. The van der Waals surface area contributed by atoms with Gasteiger partial charge in [-0.3, -0.25) is 48.6 Å². The van der Waals surface area contributed by atoms with E-state index in [1.165, 1.54) is 11.8 Å². The minimum atomic E-state index is -1.41. The van der Waals surface area contributed by atoms with Gasteiger partial charge in [0.05, 0.1) is 0 Å². The third-order valence-corrected chi connectivity index (χ3v) is 12.3. The number of guanidine groups is 1. The molecule has 0 spiro atoms. The largest absolute Gasteiger partial charge is 0.370 e. The maximum Gasteiger partial charge on any atom is 0.245 e. The molecule has 378 valence electrons. The molecule has 22 heteroatoms. The molecule has 14 N–H and O–H groups in total. The molecular formula is C48H67N13O9. The summed E-state index contributed by atoms with van der Waals surface area (Å²) in [4.78, 5) is 129. The number of unbranched alkanes of at least 4 members (excludes halogenated alkanes) is 1. The van der Waals surface area contributed by atoms with Crippen LogP contribution in [0.3, 0.4) is 0 Å². The summed E-state index contributed by atoms with van der Waals surface area (Å²) in [7, 11) is 0. The summed E-state index contributed by atoms with van der Waals surface area (Å²) >= 11 is 0. The van der Waals surface area contributed by atoms with Crippen molar-refractivity contribution in [3.05, 3.63) is 71.9 Å².